The standard InChI is InChI=1S/C21H25.C12H16.C5H5.2ClH.Zr/c1-20(2,3)16-7-9-18-14(12-16)11-15-13-17(21(4,5)6)8-10-19(15)18;1-2-3-4-6-9-12-10-7-5-8-11-12;1-2-4-5-3-1;;;/h7-13H,1-6H3;5,7-8,10-11H,2-4,9H2,1H3;1-3H,4H2;2*1H;/q;;;;;+2/p-2. The molecule has 2 aliphatic rings. The summed E-state index contributed by atoms with van der Waals surface area (Å²) in [5.41, 5.74) is 10.9. The molecule has 0 nitrogen and oxygen atoms in total. The van der Waals surface area contributed by atoms with E-state index in [1.807, 2.05) is 3.21 Å². The van der Waals surface area contributed by atoms with Crippen LogP contribution in [0, 0.1) is 0 Å². The summed E-state index contributed by atoms with van der Waals surface area (Å²) in [6.45, 7) is 16.5. The maximum atomic E-state index is 2.61. The quantitative estimate of drug-likeness (QED) is 0.351. The van der Waals surface area contributed by atoms with Gasteiger partial charge in [-0.3, -0.25) is 0 Å². The summed E-state index contributed by atoms with van der Waals surface area (Å²) in [5, 5.41) is 0. The molecule has 2 aliphatic carbocycles. The van der Waals surface area contributed by atoms with Crippen molar-refractivity contribution >= 4 is 3.21 Å². The van der Waals surface area contributed by atoms with Gasteiger partial charge in [-0.1, -0.05) is 0 Å². The predicted octanol–water partition coefficient (Wildman–Crippen LogP) is 4.43. The van der Waals surface area contributed by atoms with E-state index in [1.54, 1.807) is 14.4 Å². The molecule has 216 valence electrons. The van der Waals surface area contributed by atoms with Gasteiger partial charge in [0.05, 0.1) is 0 Å². The Bertz CT molecular complexity index is 1380. The molecule has 0 amide bonds. The van der Waals surface area contributed by atoms with Crippen molar-refractivity contribution in [2.75, 3.05) is 0 Å². The van der Waals surface area contributed by atoms with Crippen molar-refractivity contribution in [2.45, 2.75) is 95.0 Å². The van der Waals surface area contributed by atoms with Crippen LogP contribution in [0.1, 0.15) is 106 Å². The van der Waals surface area contributed by atoms with E-state index in [-0.39, 0.29) is 35.6 Å². The Balaban J connectivity index is 0.00000231. The van der Waals surface area contributed by atoms with E-state index in [4.69, 9.17) is 0 Å². The molecular formula is C38H46Cl2Zr. The Morgan fingerprint density at radius 1 is 0.780 bits per heavy atom. The molecule has 0 spiro atoms. The fourth-order valence-corrected chi connectivity index (χ4v) is 15.6. The van der Waals surface area contributed by atoms with Gasteiger partial charge in [0, 0.05) is 0 Å². The smallest absolute Gasteiger partial charge is 1.00 e. The molecule has 5 rings (SSSR count). The summed E-state index contributed by atoms with van der Waals surface area (Å²) in [5.74, 6) is 0. The zero-order valence-corrected chi connectivity index (χ0v) is 29.9. The van der Waals surface area contributed by atoms with Crippen molar-refractivity contribution in [3.8, 4) is 11.1 Å². The summed E-state index contributed by atoms with van der Waals surface area (Å²) in [4.78, 5) is 0. The number of benzene rings is 3. The summed E-state index contributed by atoms with van der Waals surface area (Å²) in [6.07, 6.45) is 13.4. The molecule has 0 unspecified atom stereocenters. The van der Waals surface area contributed by atoms with E-state index in [2.05, 4.69) is 133 Å². The van der Waals surface area contributed by atoms with Gasteiger partial charge in [-0.2, -0.15) is 0 Å². The van der Waals surface area contributed by atoms with E-state index in [0.29, 0.717) is 3.63 Å². The monoisotopic (exact) mass is 662 g/mol. The number of unbranched alkanes of at least 4 members (excludes halogenated alkanes) is 1. The van der Waals surface area contributed by atoms with Gasteiger partial charge < -0.3 is 24.8 Å². The third-order valence-corrected chi connectivity index (χ3v) is 17.1. The van der Waals surface area contributed by atoms with Gasteiger partial charge in [-0.25, -0.2) is 0 Å². The van der Waals surface area contributed by atoms with Crippen molar-refractivity contribution < 1.29 is 46.1 Å². The van der Waals surface area contributed by atoms with E-state index in [0.717, 1.165) is 12.8 Å². The molecule has 3 aromatic rings. The fourth-order valence-electron chi connectivity index (χ4n) is 6.32. The number of hydrogen-bond acceptors (Lipinski definition) is 0. The van der Waals surface area contributed by atoms with Crippen LogP contribution < -0.4 is 24.8 Å². The van der Waals surface area contributed by atoms with Crippen LogP contribution >= 0.6 is 0 Å². The van der Waals surface area contributed by atoms with Gasteiger partial charge >= 0.3 is 247 Å². The summed E-state index contributed by atoms with van der Waals surface area (Å²) < 4.78 is 4.22. The van der Waals surface area contributed by atoms with Crippen LogP contribution in [-0.2, 0) is 38.5 Å². The molecule has 0 aliphatic heterocycles. The first-order valence-electron chi connectivity index (χ1n) is 15.0. The second-order valence-corrected chi connectivity index (χ2v) is 20.4. The van der Waals surface area contributed by atoms with Gasteiger partial charge in [-0.15, -0.1) is 0 Å². The summed E-state index contributed by atoms with van der Waals surface area (Å²) >= 11 is -2.38. The van der Waals surface area contributed by atoms with Crippen LogP contribution in [0.15, 0.2) is 88.2 Å². The van der Waals surface area contributed by atoms with Gasteiger partial charge in [-0.05, 0) is 0 Å². The van der Waals surface area contributed by atoms with Crippen molar-refractivity contribution in [1.29, 1.82) is 0 Å². The second-order valence-electron chi connectivity index (χ2n) is 13.6. The van der Waals surface area contributed by atoms with Gasteiger partial charge in [0.1, 0.15) is 0 Å². The summed E-state index contributed by atoms with van der Waals surface area (Å²) in [7, 11) is 0. The molecule has 3 heteroatoms. The number of allylic oxidation sites excluding steroid dienone is 4. The Morgan fingerprint density at radius 3 is 1.80 bits per heavy atom. The molecule has 41 heavy (non-hydrogen) atoms. The van der Waals surface area contributed by atoms with Crippen molar-refractivity contribution in [2.24, 2.45) is 0 Å². The average Bonchev–Trinajstić information content (AvgIpc) is 3.53. The Morgan fingerprint density at radius 2 is 1.34 bits per heavy atom. The molecule has 0 aromatic heterocycles. The van der Waals surface area contributed by atoms with Crippen molar-refractivity contribution in [3.63, 3.8) is 0 Å². The first-order chi connectivity index (χ1) is 18.6. The average molecular weight is 665 g/mol. The van der Waals surface area contributed by atoms with Crippen LogP contribution in [-0.4, -0.2) is 3.21 Å². The van der Waals surface area contributed by atoms with Crippen LogP contribution in [0.25, 0.3) is 11.1 Å². The molecule has 0 atom stereocenters. The van der Waals surface area contributed by atoms with Crippen LogP contribution in [0.5, 0.6) is 0 Å². The van der Waals surface area contributed by atoms with Crippen LogP contribution in [0.4, 0.5) is 0 Å². The Hall–Kier alpha value is -1.53. The maximum absolute atomic E-state index is 2.61. The third-order valence-electron chi connectivity index (χ3n) is 8.63. The van der Waals surface area contributed by atoms with E-state index in [9.17, 15) is 0 Å². The van der Waals surface area contributed by atoms with Gasteiger partial charge in [0.15, 0.2) is 0 Å². The summed E-state index contributed by atoms with van der Waals surface area (Å²) in [6, 6.07) is 26.2. The topological polar surface area (TPSA) is 0 Å². The minimum absolute atomic E-state index is 0. The van der Waals surface area contributed by atoms with Crippen molar-refractivity contribution in [1.82, 2.24) is 0 Å². The van der Waals surface area contributed by atoms with E-state index in [1.165, 1.54) is 47.1 Å². The molecule has 0 saturated heterocycles. The fraction of sp³-hybridized carbons (Fsp3) is 0.395. The van der Waals surface area contributed by atoms with E-state index < -0.39 is 21.3 Å². The SMILES string of the molecule is CCCC/[C](Cc1ccccc1)=[Zr+2](/[C]1=CC=CC1)[CH]1c2cc(C(C)(C)C)ccc2-c2ccc(C(C)(C)C)cc21.[Cl-].[Cl-]. The largest absolute Gasteiger partial charge is 1.00 e. The van der Waals surface area contributed by atoms with Gasteiger partial charge in [0.25, 0.3) is 0 Å². The van der Waals surface area contributed by atoms with Crippen molar-refractivity contribution in [3.05, 3.63) is 116 Å². The first kappa shape index (κ1) is 34.0. The molecule has 0 saturated carbocycles. The molecule has 0 N–H and O–H groups in total. The second kappa shape index (κ2) is 13.8. The zero-order valence-electron chi connectivity index (χ0n) is 26.0. The zero-order chi connectivity index (χ0) is 27.8. The molecule has 0 bridgehead atoms. The van der Waals surface area contributed by atoms with Crippen LogP contribution in [0.2, 0.25) is 0 Å². The molecule has 0 fully saturated rings. The molecule has 0 heterocycles. The molecule has 3 aromatic carbocycles. The molecular weight excluding hydrogens is 619 g/mol. The minimum atomic E-state index is -2.38. The maximum Gasteiger partial charge on any atom is -1.00 e. The Kier molecular flexibility index (Phi) is 11.5. The number of halogens is 2. The Labute approximate surface area is 269 Å². The third kappa shape index (κ3) is 7.35. The van der Waals surface area contributed by atoms with Gasteiger partial charge in [0.2, 0.25) is 0 Å². The molecule has 0 radical (unpaired) electrons. The number of fused-ring (bicyclic) bond motifs is 3. The normalized spacial score (nSPS) is 14.5. The minimum Gasteiger partial charge on any atom is -1.00 e. The number of hydrogen-bond donors (Lipinski definition) is 0. The predicted molar refractivity (Wildman–Crippen MR) is 168 cm³/mol. The first-order valence-corrected chi connectivity index (χ1v) is 18.9. The van der Waals surface area contributed by atoms with E-state index >= 15 is 0 Å². The number of rotatable bonds is 7. The van der Waals surface area contributed by atoms with Crippen LogP contribution in [0.3, 0.4) is 0 Å².